The van der Waals surface area contributed by atoms with E-state index in [9.17, 15) is 14.4 Å². The van der Waals surface area contributed by atoms with Crippen LogP contribution in [0.4, 0.5) is 0 Å². The van der Waals surface area contributed by atoms with Crippen LogP contribution in [-0.2, 0) is 14.3 Å². The van der Waals surface area contributed by atoms with Gasteiger partial charge in [-0.25, -0.2) is 0 Å². The molecule has 2 aromatic rings. The van der Waals surface area contributed by atoms with Gasteiger partial charge in [-0.15, -0.1) is 0 Å². The zero-order valence-corrected chi connectivity index (χ0v) is 14.3. The summed E-state index contributed by atoms with van der Waals surface area (Å²) in [5.74, 6) is -0.833. The fourth-order valence-electron chi connectivity index (χ4n) is 1.89. The van der Waals surface area contributed by atoms with E-state index in [-0.39, 0.29) is 32.1 Å². The molecule has 0 unspecified atom stereocenters. The minimum atomic E-state index is -0.594. The van der Waals surface area contributed by atoms with Crippen molar-refractivity contribution in [2.45, 2.75) is 6.92 Å². The molecule has 1 aromatic carbocycles. The molecular weight excluding hydrogens is 340 g/mol. The highest BCUT2D eigenvalue weighted by Crippen LogP contribution is 2.10. The van der Waals surface area contributed by atoms with Gasteiger partial charge in [-0.3, -0.25) is 14.4 Å². The molecule has 0 atom stereocenters. The van der Waals surface area contributed by atoms with Crippen LogP contribution in [0.2, 0.25) is 0 Å². The van der Waals surface area contributed by atoms with Gasteiger partial charge in [0.2, 0.25) is 5.91 Å². The molecule has 0 aliphatic carbocycles. The zero-order chi connectivity index (χ0) is 18.8. The van der Waals surface area contributed by atoms with Crippen molar-refractivity contribution in [1.29, 1.82) is 0 Å². The quantitative estimate of drug-likeness (QED) is 0.511. The molecule has 0 saturated carbocycles. The molecule has 8 heteroatoms. The molecule has 1 aromatic heterocycles. The van der Waals surface area contributed by atoms with E-state index < -0.39 is 17.8 Å². The number of amides is 2. The topological polar surface area (TPSA) is 107 Å². The number of rotatable bonds is 9. The summed E-state index contributed by atoms with van der Waals surface area (Å²) in [6.07, 6.45) is 1.35. The molecule has 0 aliphatic heterocycles. The van der Waals surface area contributed by atoms with Gasteiger partial charge in [0, 0.05) is 0 Å². The fourth-order valence-corrected chi connectivity index (χ4v) is 1.89. The third kappa shape index (κ3) is 6.68. The number of aryl methyl sites for hydroxylation is 1. The van der Waals surface area contributed by atoms with E-state index in [1.807, 2.05) is 31.2 Å². The predicted molar refractivity (Wildman–Crippen MR) is 91.7 cm³/mol. The van der Waals surface area contributed by atoms with Gasteiger partial charge in [-0.1, -0.05) is 17.7 Å². The van der Waals surface area contributed by atoms with E-state index in [1.54, 1.807) is 6.07 Å². The highest BCUT2D eigenvalue weighted by molar-refractivity contribution is 5.94. The van der Waals surface area contributed by atoms with Gasteiger partial charge in [-0.2, -0.15) is 0 Å². The van der Waals surface area contributed by atoms with Crippen molar-refractivity contribution < 1.29 is 28.3 Å². The fraction of sp³-hybridized carbons (Fsp3) is 0.278. The standard InChI is InChI=1S/C18H20N2O6/c1-13-4-6-14(7-5-13)24-9-10-26-17(22)12-19-16(21)11-20-18(23)15-3-2-8-25-15/h2-8H,9-12H2,1H3,(H,19,21)(H,20,23). The summed E-state index contributed by atoms with van der Waals surface area (Å²) in [6.45, 7) is 1.69. The Kier molecular flexibility index (Phi) is 7.23. The molecule has 0 fully saturated rings. The number of nitrogens with one attached hydrogen (secondary N) is 2. The second kappa shape index (κ2) is 9.87. The highest BCUT2D eigenvalue weighted by Gasteiger charge is 2.11. The zero-order valence-electron chi connectivity index (χ0n) is 14.3. The lowest BCUT2D eigenvalue weighted by atomic mass is 10.2. The molecule has 2 N–H and O–H groups in total. The van der Waals surface area contributed by atoms with Gasteiger partial charge < -0.3 is 24.5 Å². The van der Waals surface area contributed by atoms with Gasteiger partial charge in [0.05, 0.1) is 12.8 Å². The van der Waals surface area contributed by atoms with Crippen molar-refractivity contribution in [1.82, 2.24) is 10.6 Å². The molecule has 8 nitrogen and oxygen atoms in total. The number of ether oxygens (including phenoxy) is 2. The monoisotopic (exact) mass is 360 g/mol. The smallest absolute Gasteiger partial charge is 0.325 e. The van der Waals surface area contributed by atoms with Crippen molar-refractivity contribution >= 4 is 17.8 Å². The Hall–Kier alpha value is -3.29. The molecule has 1 heterocycles. The lowest BCUT2D eigenvalue weighted by Gasteiger charge is -2.08. The molecule has 2 amide bonds. The normalized spacial score (nSPS) is 10.0. The minimum Gasteiger partial charge on any atom is -0.490 e. The molecular formula is C18H20N2O6. The van der Waals surface area contributed by atoms with Crippen molar-refractivity contribution in [3.63, 3.8) is 0 Å². The third-order valence-corrected chi connectivity index (χ3v) is 3.22. The van der Waals surface area contributed by atoms with E-state index in [0.717, 1.165) is 5.56 Å². The molecule has 0 aliphatic rings. The van der Waals surface area contributed by atoms with Gasteiger partial charge in [0.1, 0.15) is 25.5 Å². The predicted octanol–water partition coefficient (Wildman–Crippen LogP) is 1.06. The Bertz CT molecular complexity index is 725. The van der Waals surface area contributed by atoms with E-state index >= 15 is 0 Å². The van der Waals surface area contributed by atoms with Crippen LogP contribution < -0.4 is 15.4 Å². The summed E-state index contributed by atoms with van der Waals surface area (Å²) in [7, 11) is 0. The first kappa shape index (κ1) is 19.0. The number of esters is 1. The first-order valence-electron chi connectivity index (χ1n) is 7.98. The summed E-state index contributed by atoms with van der Waals surface area (Å²) >= 11 is 0. The average Bonchev–Trinajstić information content (AvgIpc) is 3.18. The van der Waals surface area contributed by atoms with Crippen LogP contribution in [0.3, 0.4) is 0 Å². The second-order valence-corrected chi connectivity index (χ2v) is 5.32. The van der Waals surface area contributed by atoms with Crippen molar-refractivity contribution in [2.75, 3.05) is 26.3 Å². The Morgan fingerprint density at radius 3 is 2.46 bits per heavy atom. The maximum atomic E-state index is 11.6. The number of hydrogen-bond donors (Lipinski definition) is 2. The van der Waals surface area contributed by atoms with Crippen LogP contribution >= 0.6 is 0 Å². The van der Waals surface area contributed by atoms with E-state index in [4.69, 9.17) is 13.9 Å². The molecule has 0 radical (unpaired) electrons. The summed E-state index contributed by atoms with van der Waals surface area (Å²) in [5.41, 5.74) is 1.12. The molecule has 138 valence electrons. The van der Waals surface area contributed by atoms with Crippen LogP contribution in [-0.4, -0.2) is 44.1 Å². The summed E-state index contributed by atoms with van der Waals surface area (Å²) in [6, 6.07) is 10.5. The van der Waals surface area contributed by atoms with E-state index in [2.05, 4.69) is 10.6 Å². The van der Waals surface area contributed by atoms with Crippen LogP contribution in [0.5, 0.6) is 5.75 Å². The maximum absolute atomic E-state index is 11.6. The molecule has 0 bridgehead atoms. The first-order valence-corrected chi connectivity index (χ1v) is 7.98. The van der Waals surface area contributed by atoms with E-state index in [0.29, 0.717) is 5.75 Å². The van der Waals surface area contributed by atoms with Crippen LogP contribution in [0.25, 0.3) is 0 Å². The number of carbonyl (C=O) groups is 3. The summed E-state index contributed by atoms with van der Waals surface area (Å²) < 4.78 is 15.2. The van der Waals surface area contributed by atoms with Crippen molar-refractivity contribution in [2.24, 2.45) is 0 Å². The molecule has 2 rings (SSSR count). The lowest BCUT2D eigenvalue weighted by Crippen LogP contribution is -2.39. The number of carbonyl (C=O) groups excluding carboxylic acids is 3. The van der Waals surface area contributed by atoms with Crippen molar-refractivity contribution in [3.05, 3.63) is 54.0 Å². The minimum absolute atomic E-state index is 0.0673. The second-order valence-electron chi connectivity index (χ2n) is 5.32. The van der Waals surface area contributed by atoms with Gasteiger partial charge in [0.25, 0.3) is 5.91 Å². The summed E-state index contributed by atoms with van der Waals surface area (Å²) in [5, 5.41) is 4.71. The van der Waals surface area contributed by atoms with Gasteiger partial charge in [0.15, 0.2) is 5.76 Å². The number of furan rings is 1. The Morgan fingerprint density at radius 2 is 1.77 bits per heavy atom. The van der Waals surface area contributed by atoms with E-state index in [1.165, 1.54) is 12.3 Å². The average molecular weight is 360 g/mol. The largest absolute Gasteiger partial charge is 0.490 e. The third-order valence-electron chi connectivity index (χ3n) is 3.22. The molecule has 0 spiro atoms. The first-order chi connectivity index (χ1) is 12.5. The Labute approximate surface area is 150 Å². The lowest BCUT2D eigenvalue weighted by molar-refractivity contribution is -0.144. The number of benzene rings is 1. The van der Waals surface area contributed by atoms with Crippen molar-refractivity contribution in [3.8, 4) is 5.75 Å². The Morgan fingerprint density at radius 1 is 1.00 bits per heavy atom. The van der Waals surface area contributed by atoms with Gasteiger partial charge in [-0.05, 0) is 31.2 Å². The number of hydrogen-bond acceptors (Lipinski definition) is 6. The molecule has 26 heavy (non-hydrogen) atoms. The Balaban J connectivity index is 1.54. The molecule has 0 saturated heterocycles. The summed E-state index contributed by atoms with van der Waals surface area (Å²) in [4.78, 5) is 34.7. The van der Waals surface area contributed by atoms with Crippen LogP contribution in [0, 0.1) is 6.92 Å². The maximum Gasteiger partial charge on any atom is 0.325 e. The van der Waals surface area contributed by atoms with Crippen LogP contribution in [0.1, 0.15) is 16.1 Å². The highest BCUT2D eigenvalue weighted by atomic mass is 16.6. The van der Waals surface area contributed by atoms with Crippen LogP contribution in [0.15, 0.2) is 47.1 Å². The van der Waals surface area contributed by atoms with Gasteiger partial charge >= 0.3 is 5.97 Å². The SMILES string of the molecule is Cc1ccc(OCCOC(=O)CNC(=O)CNC(=O)c2ccco2)cc1.